The standard InChI is InChI=1S/C21H17N5S/c1-2-6-15(7-3-1)17-13-27-21-19(17)20(23-14-24-21)22-10-9-16-12-26-11-5-4-8-18(26)25-16/h1-8,11-14H,9-10H2,(H,22,23,24). The third-order valence-electron chi connectivity index (χ3n) is 4.54. The minimum Gasteiger partial charge on any atom is -0.369 e. The monoisotopic (exact) mass is 371 g/mol. The van der Waals surface area contributed by atoms with E-state index in [0.29, 0.717) is 0 Å². The van der Waals surface area contributed by atoms with Crippen molar-refractivity contribution in [1.29, 1.82) is 0 Å². The Balaban J connectivity index is 1.41. The first-order valence-corrected chi connectivity index (χ1v) is 9.70. The van der Waals surface area contributed by atoms with Crippen LogP contribution in [0.4, 0.5) is 5.82 Å². The number of aromatic nitrogens is 4. The quantitative estimate of drug-likeness (QED) is 0.488. The first kappa shape index (κ1) is 16.0. The van der Waals surface area contributed by atoms with E-state index in [4.69, 9.17) is 0 Å². The van der Waals surface area contributed by atoms with Crippen molar-refractivity contribution in [2.24, 2.45) is 0 Å². The van der Waals surface area contributed by atoms with Crippen molar-refractivity contribution in [3.8, 4) is 11.1 Å². The zero-order valence-electron chi connectivity index (χ0n) is 14.5. The zero-order chi connectivity index (χ0) is 18.1. The van der Waals surface area contributed by atoms with Crippen molar-refractivity contribution in [3.05, 3.63) is 78.3 Å². The molecule has 0 atom stereocenters. The molecule has 0 radical (unpaired) electrons. The van der Waals surface area contributed by atoms with Gasteiger partial charge in [-0.25, -0.2) is 15.0 Å². The Morgan fingerprint density at radius 1 is 1.00 bits per heavy atom. The Morgan fingerprint density at radius 3 is 2.78 bits per heavy atom. The van der Waals surface area contributed by atoms with Gasteiger partial charge in [0.05, 0.1) is 11.1 Å². The first-order chi connectivity index (χ1) is 13.4. The van der Waals surface area contributed by atoms with E-state index in [2.05, 4.69) is 56.1 Å². The van der Waals surface area contributed by atoms with E-state index >= 15 is 0 Å². The number of hydrogen-bond donors (Lipinski definition) is 1. The molecule has 0 aliphatic heterocycles. The average Bonchev–Trinajstić information content (AvgIpc) is 3.33. The van der Waals surface area contributed by atoms with Crippen molar-refractivity contribution >= 4 is 33.0 Å². The maximum atomic E-state index is 4.65. The number of fused-ring (bicyclic) bond motifs is 2. The Hall–Kier alpha value is -3.25. The molecule has 0 saturated carbocycles. The summed E-state index contributed by atoms with van der Waals surface area (Å²) in [6.07, 6.45) is 6.55. The Kier molecular flexibility index (Phi) is 4.03. The van der Waals surface area contributed by atoms with Gasteiger partial charge in [0.15, 0.2) is 0 Å². The van der Waals surface area contributed by atoms with Crippen molar-refractivity contribution < 1.29 is 0 Å². The highest BCUT2D eigenvalue weighted by molar-refractivity contribution is 7.17. The van der Waals surface area contributed by atoms with Gasteiger partial charge in [-0.15, -0.1) is 11.3 Å². The number of nitrogens with one attached hydrogen (secondary N) is 1. The topological polar surface area (TPSA) is 55.1 Å². The molecule has 5 aromatic rings. The maximum Gasteiger partial charge on any atom is 0.138 e. The van der Waals surface area contributed by atoms with Crippen molar-refractivity contribution in [3.63, 3.8) is 0 Å². The summed E-state index contributed by atoms with van der Waals surface area (Å²) in [5.74, 6) is 0.879. The van der Waals surface area contributed by atoms with Gasteiger partial charge in [0.2, 0.25) is 0 Å². The van der Waals surface area contributed by atoms with Crippen LogP contribution in [0.15, 0.2) is 72.6 Å². The van der Waals surface area contributed by atoms with Crippen LogP contribution in [-0.2, 0) is 6.42 Å². The van der Waals surface area contributed by atoms with Crippen LogP contribution < -0.4 is 5.32 Å². The van der Waals surface area contributed by atoms with Gasteiger partial charge in [0, 0.05) is 36.3 Å². The molecule has 1 aromatic carbocycles. The van der Waals surface area contributed by atoms with Crippen LogP contribution in [0.25, 0.3) is 27.0 Å². The van der Waals surface area contributed by atoms with Crippen LogP contribution in [0, 0.1) is 0 Å². The molecule has 4 aromatic heterocycles. The Bertz CT molecular complexity index is 1180. The number of hydrogen-bond acceptors (Lipinski definition) is 5. The lowest BCUT2D eigenvalue weighted by atomic mass is 10.1. The highest BCUT2D eigenvalue weighted by atomic mass is 32.1. The highest BCUT2D eigenvalue weighted by Crippen LogP contribution is 2.36. The first-order valence-electron chi connectivity index (χ1n) is 8.82. The summed E-state index contributed by atoms with van der Waals surface area (Å²) < 4.78 is 2.05. The normalized spacial score (nSPS) is 11.3. The highest BCUT2D eigenvalue weighted by Gasteiger charge is 2.12. The lowest BCUT2D eigenvalue weighted by Crippen LogP contribution is -2.07. The fourth-order valence-electron chi connectivity index (χ4n) is 3.26. The summed E-state index contributed by atoms with van der Waals surface area (Å²) >= 11 is 1.65. The molecule has 5 rings (SSSR count). The molecule has 0 bridgehead atoms. The maximum absolute atomic E-state index is 4.65. The van der Waals surface area contributed by atoms with Crippen molar-refractivity contribution in [2.75, 3.05) is 11.9 Å². The molecule has 0 amide bonds. The van der Waals surface area contributed by atoms with Crippen LogP contribution in [0.1, 0.15) is 5.69 Å². The third kappa shape index (κ3) is 3.04. The number of pyridine rings is 1. The predicted molar refractivity (Wildman–Crippen MR) is 110 cm³/mol. The third-order valence-corrected chi connectivity index (χ3v) is 5.43. The van der Waals surface area contributed by atoms with E-state index < -0.39 is 0 Å². The van der Waals surface area contributed by atoms with E-state index in [9.17, 15) is 0 Å². The molecule has 27 heavy (non-hydrogen) atoms. The lowest BCUT2D eigenvalue weighted by Gasteiger charge is -2.07. The molecule has 0 aliphatic rings. The van der Waals surface area contributed by atoms with Crippen molar-refractivity contribution in [1.82, 2.24) is 19.4 Å². The van der Waals surface area contributed by atoms with E-state index in [-0.39, 0.29) is 0 Å². The number of nitrogens with zero attached hydrogens (tertiary/aromatic N) is 4. The van der Waals surface area contributed by atoms with Gasteiger partial charge in [0.1, 0.15) is 22.6 Å². The molecule has 132 valence electrons. The van der Waals surface area contributed by atoms with Gasteiger partial charge in [-0.05, 0) is 17.7 Å². The minimum absolute atomic E-state index is 0.764. The van der Waals surface area contributed by atoms with Gasteiger partial charge >= 0.3 is 0 Å². The minimum atomic E-state index is 0.764. The second kappa shape index (κ2) is 6.81. The summed E-state index contributed by atoms with van der Waals surface area (Å²) in [7, 11) is 0. The van der Waals surface area contributed by atoms with Crippen LogP contribution in [-0.4, -0.2) is 25.9 Å². The van der Waals surface area contributed by atoms with E-state index in [1.165, 1.54) is 11.1 Å². The van der Waals surface area contributed by atoms with Gasteiger partial charge in [0.25, 0.3) is 0 Å². The second-order valence-corrected chi connectivity index (χ2v) is 7.15. The van der Waals surface area contributed by atoms with Gasteiger partial charge in [-0.3, -0.25) is 0 Å². The summed E-state index contributed by atoms with van der Waals surface area (Å²) in [5.41, 5.74) is 4.39. The largest absolute Gasteiger partial charge is 0.369 e. The van der Waals surface area contributed by atoms with E-state index in [0.717, 1.165) is 40.3 Å². The van der Waals surface area contributed by atoms with Gasteiger partial charge < -0.3 is 9.72 Å². The molecule has 0 saturated heterocycles. The lowest BCUT2D eigenvalue weighted by molar-refractivity contribution is 0.971. The van der Waals surface area contributed by atoms with Crippen LogP contribution >= 0.6 is 11.3 Å². The smallest absolute Gasteiger partial charge is 0.138 e. The molecular weight excluding hydrogens is 354 g/mol. The molecule has 4 heterocycles. The number of thiophene rings is 1. The molecule has 6 heteroatoms. The molecular formula is C21H17N5S. The number of rotatable bonds is 5. The number of imidazole rings is 1. The van der Waals surface area contributed by atoms with Crippen molar-refractivity contribution in [2.45, 2.75) is 6.42 Å². The van der Waals surface area contributed by atoms with Gasteiger partial charge in [-0.2, -0.15) is 0 Å². The molecule has 0 fully saturated rings. The molecule has 0 aliphatic carbocycles. The summed E-state index contributed by atoms with van der Waals surface area (Å²) in [6, 6.07) is 16.4. The molecule has 0 unspecified atom stereocenters. The molecule has 0 spiro atoms. The second-order valence-electron chi connectivity index (χ2n) is 6.29. The van der Waals surface area contributed by atoms with Crippen LogP contribution in [0.5, 0.6) is 0 Å². The summed E-state index contributed by atoms with van der Waals surface area (Å²) in [5, 5.41) is 6.72. The number of benzene rings is 1. The number of anilines is 1. The average molecular weight is 371 g/mol. The van der Waals surface area contributed by atoms with E-state index in [1.807, 2.05) is 34.9 Å². The Labute approximate surface area is 160 Å². The Morgan fingerprint density at radius 2 is 1.89 bits per heavy atom. The fraction of sp³-hybridized carbons (Fsp3) is 0.0952. The SMILES string of the molecule is c1ccc(-c2csc3ncnc(NCCc4cn5ccccc5n4)c23)cc1. The zero-order valence-corrected chi connectivity index (χ0v) is 15.4. The summed E-state index contributed by atoms with van der Waals surface area (Å²) in [6.45, 7) is 0.764. The summed E-state index contributed by atoms with van der Waals surface area (Å²) in [4.78, 5) is 14.6. The van der Waals surface area contributed by atoms with Crippen LogP contribution in [0.2, 0.25) is 0 Å². The molecule has 5 nitrogen and oxygen atoms in total. The van der Waals surface area contributed by atoms with Crippen LogP contribution in [0.3, 0.4) is 0 Å². The molecule has 1 N–H and O–H groups in total. The predicted octanol–water partition coefficient (Wildman–Crippen LogP) is 4.66. The van der Waals surface area contributed by atoms with Gasteiger partial charge in [-0.1, -0.05) is 36.4 Å². The van der Waals surface area contributed by atoms with E-state index in [1.54, 1.807) is 17.7 Å². The fourth-order valence-corrected chi connectivity index (χ4v) is 4.17.